The highest BCUT2D eigenvalue weighted by Gasteiger charge is 2.30. The molecule has 9 nitrogen and oxygen atoms in total. The molecule has 3 amide bonds. The van der Waals surface area contributed by atoms with E-state index in [1.165, 1.54) is 0 Å². The van der Waals surface area contributed by atoms with Crippen LogP contribution >= 0.6 is 11.6 Å². The standard InChI is InChI=1S/C47H62ClN3O6/c1-4-5-6-7-8-9-10-11-12-13-14-15-16-17-18-19-20-21-22-23-43(52)49-36-33-40(45(54)55)34-37-51-46(56)47(2,3)57-42-30-24-38(25-31-42)32-35-50-44(53)39-26-28-41(48)29-27-39/h5-6,8-9,11-12,14-15,17-18,20-21,24-31,40H,4,7,10,13,16,19,22-23,32-37H2,1-3H3,(H,49,52)(H,50,53)(H,51,56)(H,54,55)/b6-5-,9-8-,12-11-,15-14-,18-17-,21-20-. The van der Waals surface area contributed by atoms with Crippen molar-refractivity contribution >= 4 is 35.3 Å². The molecule has 0 fully saturated rings. The van der Waals surface area contributed by atoms with Crippen LogP contribution in [0.5, 0.6) is 5.75 Å². The van der Waals surface area contributed by atoms with Gasteiger partial charge in [0, 0.05) is 36.6 Å². The molecular formula is C47H62ClN3O6. The SMILES string of the molecule is CC/C=C\C/C=C\C/C=C\C/C=C\C/C=C\C/C=C\CCC(=O)NCCC(CCNC(=O)C(C)(C)Oc1ccc(CCNC(=O)c2ccc(Cl)cc2)cc1)C(=O)O. The zero-order valence-corrected chi connectivity index (χ0v) is 34.6. The number of nitrogens with one attached hydrogen (secondary N) is 3. The summed E-state index contributed by atoms with van der Waals surface area (Å²) in [4.78, 5) is 49.4. The maximum atomic E-state index is 12.9. The third kappa shape index (κ3) is 22.9. The predicted molar refractivity (Wildman–Crippen MR) is 232 cm³/mol. The van der Waals surface area contributed by atoms with E-state index in [2.05, 4.69) is 83.6 Å². The van der Waals surface area contributed by atoms with Crippen LogP contribution < -0.4 is 20.7 Å². The summed E-state index contributed by atoms with van der Waals surface area (Å²) >= 11 is 5.88. The topological polar surface area (TPSA) is 134 Å². The number of rotatable bonds is 28. The van der Waals surface area contributed by atoms with Gasteiger partial charge in [-0.05, 0) is 120 Å². The third-order valence-corrected chi connectivity index (χ3v) is 8.98. The predicted octanol–water partition coefficient (Wildman–Crippen LogP) is 9.66. The van der Waals surface area contributed by atoms with Gasteiger partial charge in [-0.25, -0.2) is 0 Å². The Labute approximate surface area is 345 Å². The molecule has 57 heavy (non-hydrogen) atoms. The fraction of sp³-hybridized carbons (Fsp3) is 0.404. The summed E-state index contributed by atoms with van der Waals surface area (Å²) in [6, 6.07) is 14.0. The molecule has 0 saturated carbocycles. The van der Waals surface area contributed by atoms with Crippen LogP contribution in [0.25, 0.3) is 0 Å². The molecule has 2 aromatic rings. The van der Waals surface area contributed by atoms with Crippen LogP contribution in [0.1, 0.15) is 101 Å². The smallest absolute Gasteiger partial charge is 0.306 e. The third-order valence-electron chi connectivity index (χ3n) is 8.73. The molecule has 0 spiro atoms. The zero-order chi connectivity index (χ0) is 41.6. The van der Waals surface area contributed by atoms with Crippen molar-refractivity contribution in [1.29, 1.82) is 0 Å². The van der Waals surface area contributed by atoms with Gasteiger partial charge in [-0.3, -0.25) is 19.2 Å². The highest BCUT2D eigenvalue weighted by molar-refractivity contribution is 6.30. The lowest BCUT2D eigenvalue weighted by atomic mass is 10.0. The second kappa shape index (κ2) is 29.1. The van der Waals surface area contributed by atoms with Gasteiger partial charge in [-0.2, -0.15) is 0 Å². The van der Waals surface area contributed by atoms with E-state index < -0.39 is 17.5 Å². The number of carbonyl (C=O) groups excluding carboxylic acids is 3. The van der Waals surface area contributed by atoms with Crippen LogP contribution in [0, 0.1) is 5.92 Å². The van der Waals surface area contributed by atoms with Crippen LogP contribution in [-0.2, 0) is 20.8 Å². The van der Waals surface area contributed by atoms with Crippen molar-refractivity contribution in [3.8, 4) is 5.75 Å². The van der Waals surface area contributed by atoms with Gasteiger partial charge in [0.25, 0.3) is 11.8 Å². The minimum absolute atomic E-state index is 0.125. The van der Waals surface area contributed by atoms with Crippen LogP contribution in [0.3, 0.4) is 0 Å². The Morgan fingerprint density at radius 1 is 0.684 bits per heavy atom. The summed E-state index contributed by atoms with van der Waals surface area (Å²) in [5.74, 6) is -1.87. The van der Waals surface area contributed by atoms with E-state index in [1.807, 2.05) is 24.3 Å². The molecule has 4 N–H and O–H groups in total. The van der Waals surface area contributed by atoms with Crippen molar-refractivity contribution in [3.05, 3.63) is 138 Å². The van der Waals surface area contributed by atoms with Gasteiger partial charge in [0.1, 0.15) is 5.75 Å². The molecule has 0 radical (unpaired) electrons. The van der Waals surface area contributed by atoms with Gasteiger partial charge < -0.3 is 25.8 Å². The van der Waals surface area contributed by atoms with E-state index in [9.17, 15) is 24.3 Å². The van der Waals surface area contributed by atoms with Gasteiger partial charge in [0.05, 0.1) is 5.92 Å². The number of amides is 3. The number of aliphatic carboxylic acids is 1. The van der Waals surface area contributed by atoms with Gasteiger partial charge in [0.2, 0.25) is 5.91 Å². The minimum Gasteiger partial charge on any atom is -0.481 e. The second-order valence-corrected chi connectivity index (χ2v) is 14.4. The van der Waals surface area contributed by atoms with Crippen LogP contribution in [-0.4, -0.2) is 54.0 Å². The molecule has 308 valence electrons. The fourth-order valence-electron chi connectivity index (χ4n) is 5.38. The zero-order valence-electron chi connectivity index (χ0n) is 33.9. The molecule has 1 atom stereocenters. The number of carboxylic acids is 1. The number of hydrogen-bond acceptors (Lipinski definition) is 5. The van der Waals surface area contributed by atoms with E-state index >= 15 is 0 Å². The van der Waals surface area contributed by atoms with E-state index in [0.29, 0.717) is 42.1 Å². The summed E-state index contributed by atoms with van der Waals surface area (Å²) in [6.45, 7) is 6.27. The Morgan fingerprint density at radius 3 is 1.72 bits per heavy atom. The molecule has 0 saturated heterocycles. The number of ether oxygens (including phenoxy) is 1. The highest BCUT2D eigenvalue weighted by Crippen LogP contribution is 2.20. The molecule has 0 aliphatic rings. The first-order valence-corrected chi connectivity index (χ1v) is 20.4. The maximum absolute atomic E-state index is 12.9. The Morgan fingerprint density at radius 2 is 1.19 bits per heavy atom. The van der Waals surface area contributed by atoms with E-state index in [1.54, 1.807) is 50.2 Å². The normalized spacial score (nSPS) is 12.7. The number of hydrogen-bond donors (Lipinski definition) is 4. The maximum Gasteiger partial charge on any atom is 0.306 e. The van der Waals surface area contributed by atoms with Crippen molar-refractivity contribution in [3.63, 3.8) is 0 Å². The lowest BCUT2D eigenvalue weighted by molar-refractivity contribution is -0.142. The van der Waals surface area contributed by atoms with Crippen molar-refractivity contribution in [2.24, 2.45) is 5.92 Å². The molecule has 0 bridgehead atoms. The summed E-state index contributed by atoms with van der Waals surface area (Å²) in [6.07, 6.45) is 33.4. The molecule has 0 aromatic heterocycles. The fourth-order valence-corrected chi connectivity index (χ4v) is 5.51. The summed E-state index contributed by atoms with van der Waals surface area (Å²) in [7, 11) is 0. The Kier molecular flexibility index (Phi) is 24.5. The van der Waals surface area contributed by atoms with Gasteiger partial charge in [0.15, 0.2) is 5.60 Å². The average molecular weight is 800 g/mol. The second-order valence-electron chi connectivity index (χ2n) is 13.9. The minimum atomic E-state index is -1.20. The Hall–Kier alpha value is -5.15. The van der Waals surface area contributed by atoms with E-state index in [4.69, 9.17) is 16.3 Å². The van der Waals surface area contributed by atoms with Crippen LogP contribution in [0.15, 0.2) is 121 Å². The molecule has 2 aromatic carbocycles. The van der Waals surface area contributed by atoms with Gasteiger partial charge in [-0.15, -0.1) is 0 Å². The quantitative estimate of drug-likeness (QED) is 0.0634. The molecule has 2 rings (SSSR count). The number of carboxylic acid groups (broad SMARTS) is 1. The molecule has 0 aliphatic carbocycles. The summed E-state index contributed by atoms with van der Waals surface area (Å²) < 4.78 is 5.96. The molecule has 0 heterocycles. The number of halogens is 1. The number of carbonyl (C=O) groups is 4. The summed E-state index contributed by atoms with van der Waals surface area (Å²) in [5.41, 5.74) is 0.320. The first-order chi connectivity index (χ1) is 27.5. The molecule has 1 unspecified atom stereocenters. The molecular weight excluding hydrogens is 738 g/mol. The number of benzene rings is 2. The monoisotopic (exact) mass is 799 g/mol. The molecule has 0 aliphatic heterocycles. The van der Waals surface area contributed by atoms with Crippen molar-refractivity contribution in [2.75, 3.05) is 19.6 Å². The van der Waals surface area contributed by atoms with E-state index in [-0.39, 0.29) is 43.7 Å². The largest absolute Gasteiger partial charge is 0.481 e. The first-order valence-electron chi connectivity index (χ1n) is 20.0. The highest BCUT2D eigenvalue weighted by atomic mass is 35.5. The Balaban J connectivity index is 1.57. The van der Waals surface area contributed by atoms with Crippen molar-refractivity contribution in [2.45, 2.75) is 97.0 Å². The first kappa shape index (κ1) is 48.0. The number of allylic oxidation sites excluding steroid dienone is 12. The lowest BCUT2D eigenvalue weighted by Crippen LogP contribution is -2.47. The van der Waals surface area contributed by atoms with Gasteiger partial charge in [-0.1, -0.05) is 104 Å². The van der Waals surface area contributed by atoms with Crippen LogP contribution in [0.2, 0.25) is 5.02 Å². The van der Waals surface area contributed by atoms with Crippen molar-refractivity contribution in [1.82, 2.24) is 16.0 Å². The van der Waals surface area contributed by atoms with Gasteiger partial charge >= 0.3 is 5.97 Å². The lowest BCUT2D eigenvalue weighted by Gasteiger charge is -2.26. The van der Waals surface area contributed by atoms with Crippen LogP contribution in [0.4, 0.5) is 0 Å². The van der Waals surface area contributed by atoms with Crippen molar-refractivity contribution < 1.29 is 29.0 Å². The summed E-state index contributed by atoms with van der Waals surface area (Å²) in [5, 5.41) is 18.7. The molecule has 10 heteroatoms. The van der Waals surface area contributed by atoms with E-state index in [0.717, 1.165) is 44.1 Å². The Bertz CT molecular complexity index is 1670. The average Bonchev–Trinajstić information content (AvgIpc) is 3.18.